The number of aromatic nitrogens is 2. The summed E-state index contributed by atoms with van der Waals surface area (Å²) in [6.07, 6.45) is 2.62. The number of benzene rings is 1. The summed E-state index contributed by atoms with van der Waals surface area (Å²) in [7, 11) is 0. The van der Waals surface area contributed by atoms with Gasteiger partial charge in [-0.25, -0.2) is 0 Å². The second-order valence-corrected chi connectivity index (χ2v) is 6.58. The fourth-order valence-electron chi connectivity index (χ4n) is 3.65. The highest BCUT2D eigenvalue weighted by atomic mass is 16.5. The number of ether oxygens (including phenoxy) is 1. The average molecular weight is 327 g/mol. The number of hydrogen-bond donors (Lipinski definition) is 0. The lowest BCUT2D eigenvalue weighted by Crippen LogP contribution is -2.54. The van der Waals surface area contributed by atoms with Crippen LogP contribution < -0.4 is 0 Å². The van der Waals surface area contributed by atoms with Crippen molar-refractivity contribution in [2.24, 2.45) is 0 Å². The van der Waals surface area contributed by atoms with Crippen LogP contribution in [0.4, 0.5) is 0 Å². The van der Waals surface area contributed by atoms with E-state index < -0.39 is 0 Å². The van der Waals surface area contributed by atoms with Crippen LogP contribution in [0.3, 0.4) is 0 Å². The quantitative estimate of drug-likeness (QED) is 0.866. The highest BCUT2D eigenvalue weighted by Crippen LogP contribution is 2.45. The van der Waals surface area contributed by atoms with Crippen molar-refractivity contribution in [1.82, 2.24) is 15.0 Å². The van der Waals surface area contributed by atoms with Gasteiger partial charge in [-0.2, -0.15) is 4.98 Å². The second kappa shape index (κ2) is 6.02. The zero-order valence-corrected chi connectivity index (χ0v) is 13.8. The third-order valence-electron chi connectivity index (χ3n) is 5.13. The Bertz CT molecular complexity index is 724. The normalized spacial score (nSPS) is 22.9. The third kappa shape index (κ3) is 2.51. The van der Waals surface area contributed by atoms with E-state index in [9.17, 15) is 4.79 Å². The van der Waals surface area contributed by atoms with E-state index in [-0.39, 0.29) is 17.4 Å². The van der Waals surface area contributed by atoms with Crippen LogP contribution in [0.25, 0.3) is 0 Å². The van der Waals surface area contributed by atoms with Crippen LogP contribution in [0.1, 0.15) is 42.6 Å². The van der Waals surface area contributed by atoms with Gasteiger partial charge in [0.2, 0.25) is 17.6 Å². The van der Waals surface area contributed by atoms with Gasteiger partial charge < -0.3 is 14.2 Å². The summed E-state index contributed by atoms with van der Waals surface area (Å²) in [5.74, 6) is 1.23. The molecule has 0 N–H and O–H groups in total. The number of carbonyl (C=O) groups excluding carboxylic acids is 1. The lowest BCUT2D eigenvalue weighted by molar-refractivity contribution is -0.149. The van der Waals surface area contributed by atoms with E-state index in [1.807, 2.05) is 23.1 Å². The fraction of sp³-hybridized carbons (Fsp3) is 0.500. The first kappa shape index (κ1) is 15.3. The maximum Gasteiger partial charge on any atom is 0.233 e. The first-order chi connectivity index (χ1) is 11.7. The van der Waals surface area contributed by atoms with Crippen molar-refractivity contribution in [3.63, 3.8) is 0 Å². The molecule has 126 valence electrons. The Hall–Kier alpha value is -2.21. The summed E-state index contributed by atoms with van der Waals surface area (Å²) in [5, 5.41) is 3.94. The second-order valence-electron chi connectivity index (χ2n) is 6.58. The number of aryl methyl sites for hydroxylation is 1. The van der Waals surface area contributed by atoms with Gasteiger partial charge in [-0.3, -0.25) is 4.79 Å². The van der Waals surface area contributed by atoms with Gasteiger partial charge in [0.1, 0.15) is 6.10 Å². The Morgan fingerprint density at radius 3 is 2.71 bits per heavy atom. The zero-order chi connectivity index (χ0) is 16.6. The van der Waals surface area contributed by atoms with Crippen LogP contribution in [0.2, 0.25) is 0 Å². The van der Waals surface area contributed by atoms with Gasteiger partial charge in [0, 0.05) is 13.5 Å². The predicted octanol–water partition coefficient (Wildman–Crippen LogP) is 2.40. The van der Waals surface area contributed by atoms with E-state index in [4.69, 9.17) is 9.26 Å². The molecule has 1 aromatic carbocycles. The molecule has 4 rings (SSSR count). The molecule has 0 unspecified atom stereocenters. The van der Waals surface area contributed by atoms with E-state index in [1.165, 1.54) is 0 Å². The summed E-state index contributed by atoms with van der Waals surface area (Å²) < 4.78 is 10.8. The molecule has 1 atom stereocenters. The number of amides is 1. The smallest absolute Gasteiger partial charge is 0.233 e. The zero-order valence-electron chi connectivity index (χ0n) is 13.8. The Balaban J connectivity index is 1.55. The fourth-order valence-corrected chi connectivity index (χ4v) is 3.65. The Labute approximate surface area is 140 Å². The van der Waals surface area contributed by atoms with Crippen molar-refractivity contribution < 1.29 is 14.1 Å². The minimum Gasteiger partial charge on any atom is -0.366 e. The lowest BCUT2D eigenvalue weighted by atomic mass is 9.63. The molecule has 24 heavy (non-hydrogen) atoms. The van der Waals surface area contributed by atoms with Gasteiger partial charge in [0.15, 0.2) is 0 Å². The molecule has 0 spiro atoms. The summed E-state index contributed by atoms with van der Waals surface area (Å²) in [6.45, 7) is 3.34. The van der Waals surface area contributed by atoms with Crippen molar-refractivity contribution in [3.05, 3.63) is 47.6 Å². The van der Waals surface area contributed by atoms with Crippen molar-refractivity contribution in [3.8, 4) is 0 Å². The van der Waals surface area contributed by atoms with E-state index in [0.29, 0.717) is 31.4 Å². The average Bonchev–Trinajstić information content (AvgIpc) is 3.01. The molecule has 1 saturated carbocycles. The molecular formula is C18H21N3O3. The van der Waals surface area contributed by atoms with Gasteiger partial charge >= 0.3 is 0 Å². The van der Waals surface area contributed by atoms with Crippen LogP contribution in [0.5, 0.6) is 0 Å². The predicted molar refractivity (Wildman–Crippen MR) is 86.3 cm³/mol. The lowest BCUT2D eigenvalue weighted by Gasteiger charge is -2.45. The van der Waals surface area contributed by atoms with Crippen molar-refractivity contribution >= 4 is 5.91 Å². The highest BCUT2D eigenvalue weighted by molar-refractivity contribution is 5.89. The first-order valence-electron chi connectivity index (χ1n) is 8.46. The van der Waals surface area contributed by atoms with Crippen LogP contribution in [-0.2, 0) is 14.9 Å². The summed E-state index contributed by atoms with van der Waals surface area (Å²) >= 11 is 0. The molecule has 6 nitrogen and oxygen atoms in total. The minimum atomic E-state index is -0.365. The SMILES string of the molecule is Cc1nc([C@H]2CN(C(=O)C3(c4ccccc4)CCC3)CCO2)no1. The van der Waals surface area contributed by atoms with Crippen LogP contribution >= 0.6 is 0 Å². The Morgan fingerprint density at radius 1 is 1.29 bits per heavy atom. The minimum absolute atomic E-state index is 0.202. The van der Waals surface area contributed by atoms with Crippen molar-refractivity contribution in [2.75, 3.05) is 19.7 Å². The molecule has 1 saturated heterocycles. The number of hydrogen-bond acceptors (Lipinski definition) is 5. The van der Waals surface area contributed by atoms with Gasteiger partial charge in [-0.05, 0) is 18.4 Å². The van der Waals surface area contributed by atoms with E-state index in [1.54, 1.807) is 6.92 Å². The Kier molecular flexibility index (Phi) is 3.84. The van der Waals surface area contributed by atoms with E-state index >= 15 is 0 Å². The largest absolute Gasteiger partial charge is 0.366 e. The molecule has 2 aromatic rings. The molecule has 2 heterocycles. The monoisotopic (exact) mass is 327 g/mol. The highest BCUT2D eigenvalue weighted by Gasteiger charge is 2.48. The van der Waals surface area contributed by atoms with Crippen molar-refractivity contribution in [2.45, 2.75) is 37.7 Å². The van der Waals surface area contributed by atoms with Crippen LogP contribution in [-0.4, -0.2) is 40.6 Å². The van der Waals surface area contributed by atoms with Gasteiger partial charge in [-0.15, -0.1) is 0 Å². The van der Waals surface area contributed by atoms with E-state index in [0.717, 1.165) is 24.8 Å². The molecule has 0 radical (unpaired) electrons. The molecular weight excluding hydrogens is 306 g/mol. The number of morpholine rings is 1. The summed E-state index contributed by atoms with van der Waals surface area (Å²) in [5.41, 5.74) is 0.760. The maximum absolute atomic E-state index is 13.3. The van der Waals surface area contributed by atoms with Gasteiger partial charge in [0.05, 0.1) is 18.6 Å². The standard InChI is InChI=1S/C18H21N3O3/c1-13-19-16(20-24-13)15-12-21(10-11-23-15)17(22)18(8-5-9-18)14-6-3-2-4-7-14/h2-4,6-7,15H,5,8-12H2,1H3/t15-/m1/s1. The molecule has 2 fully saturated rings. The number of nitrogens with zero attached hydrogens (tertiary/aromatic N) is 3. The third-order valence-corrected chi connectivity index (χ3v) is 5.13. The molecule has 1 aliphatic carbocycles. The summed E-state index contributed by atoms with van der Waals surface area (Å²) in [6, 6.07) is 10.1. The van der Waals surface area contributed by atoms with Crippen LogP contribution in [0, 0.1) is 6.92 Å². The number of rotatable bonds is 3. The summed E-state index contributed by atoms with van der Waals surface area (Å²) in [4.78, 5) is 19.4. The molecule has 6 heteroatoms. The first-order valence-corrected chi connectivity index (χ1v) is 8.46. The van der Waals surface area contributed by atoms with E-state index in [2.05, 4.69) is 22.3 Å². The molecule has 2 aliphatic rings. The molecule has 1 amide bonds. The van der Waals surface area contributed by atoms with Gasteiger partial charge in [0.25, 0.3) is 0 Å². The Morgan fingerprint density at radius 2 is 2.08 bits per heavy atom. The molecule has 1 aliphatic heterocycles. The van der Waals surface area contributed by atoms with Crippen molar-refractivity contribution in [1.29, 1.82) is 0 Å². The number of carbonyl (C=O) groups is 1. The van der Waals surface area contributed by atoms with Gasteiger partial charge in [-0.1, -0.05) is 41.9 Å². The molecule has 1 aromatic heterocycles. The topological polar surface area (TPSA) is 68.5 Å². The molecule has 0 bridgehead atoms. The van der Waals surface area contributed by atoms with Crippen LogP contribution in [0.15, 0.2) is 34.9 Å². The maximum atomic E-state index is 13.3.